The van der Waals surface area contributed by atoms with Crippen molar-refractivity contribution >= 4 is 21.6 Å². The third-order valence-electron chi connectivity index (χ3n) is 5.35. The fraction of sp³-hybridized carbons (Fsp3) is 0.308. The molecule has 2 nitrogen and oxygen atoms in total. The SMILES string of the molecule is CCCC[C@H](c1ccccc1)C([S@@](=O)c1ccc(C)cc1)[S@@](=O)c1ccc(C)cc1. The molecular formula is C26H30O2S2. The van der Waals surface area contributed by atoms with Gasteiger partial charge in [0, 0.05) is 15.7 Å². The highest BCUT2D eigenvalue weighted by atomic mass is 32.2. The molecule has 0 aliphatic rings. The van der Waals surface area contributed by atoms with Gasteiger partial charge in [0.1, 0.15) is 4.58 Å². The first-order chi connectivity index (χ1) is 14.5. The number of hydrogen-bond acceptors (Lipinski definition) is 2. The lowest BCUT2D eigenvalue weighted by molar-refractivity contribution is 0.592. The molecule has 0 heterocycles. The van der Waals surface area contributed by atoms with E-state index in [4.69, 9.17) is 0 Å². The molecular weight excluding hydrogens is 408 g/mol. The second-order valence-electron chi connectivity index (χ2n) is 7.75. The summed E-state index contributed by atoms with van der Waals surface area (Å²) in [6.45, 7) is 6.19. The van der Waals surface area contributed by atoms with Crippen molar-refractivity contribution < 1.29 is 8.42 Å². The fourth-order valence-electron chi connectivity index (χ4n) is 3.57. The summed E-state index contributed by atoms with van der Waals surface area (Å²) < 4.78 is 27.2. The lowest BCUT2D eigenvalue weighted by Crippen LogP contribution is -2.29. The smallest absolute Gasteiger partial charge is 0.126 e. The van der Waals surface area contributed by atoms with Crippen molar-refractivity contribution in [1.82, 2.24) is 0 Å². The summed E-state index contributed by atoms with van der Waals surface area (Å²) >= 11 is 0. The minimum atomic E-state index is -1.40. The molecule has 0 amide bonds. The molecule has 3 atom stereocenters. The Hall–Kier alpha value is -2.04. The molecule has 0 aromatic heterocycles. The molecule has 3 rings (SSSR count). The third kappa shape index (κ3) is 5.55. The standard InChI is InChI=1S/C26H30O2S2/c1-4-5-11-25(22-9-7-6-8-10-22)26(29(27)23-16-12-20(2)13-17-23)30(28)24-18-14-21(3)15-19-24/h6-10,12-19,25-26H,4-5,11H2,1-3H3/t25-,29+,30+/m1/s1. The maximum atomic E-state index is 13.8. The molecule has 0 saturated heterocycles. The van der Waals surface area contributed by atoms with Crippen LogP contribution in [0.4, 0.5) is 0 Å². The Kier molecular flexibility index (Phi) is 8.17. The van der Waals surface area contributed by atoms with Crippen molar-refractivity contribution in [2.45, 2.75) is 60.3 Å². The fourth-order valence-corrected chi connectivity index (χ4v) is 7.41. The van der Waals surface area contributed by atoms with Gasteiger partial charge in [0.2, 0.25) is 0 Å². The molecule has 3 aromatic rings. The Balaban J connectivity index is 2.08. The molecule has 0 bridgehead atoms. The average Bonchev–Trinajstić information content (AvgIpc) is 2.77. The molecule has 0 aliphatic carbocycles. The minimum absolute atomic E-state index is 0.0459. The number of aryl methyl sites for hydroxylation is 2. The van der Waals surface area contributed by atoms with Crippen LogP contribution in [0.1, 0.15) is 48.8 Å². The highest BCUT2D eigenvalue weighted by Gasteiger charge is 2.35. The molecule has 0 unspecified atom stereocenters. The van der Waals surface area contributed by atoms with Crippen molar-refractivity contribution in [3.8, 4) is 0 Å². The van der Waals surface area contributed by atoms with E-state index in [2.05, 4.69) is 19.1 Å². The normalized spacial score (nSPS) is 14.4. The molecule has 158 valence electrons. The van der Waals surface area contributed by atoms with E-state index in [0.717, 1.165) is 45.7 Å². The maximum Gasteiger partial charge on any atom is 0.126 e. The lowest BCUT2D eigenvalue weighted by Gasteiger charge is -2.27. The molecule has 0 saturated carbocycles. The first-order valence-corrected chi connectivity index (χ1v) is 12.9. The quantitative estimate of drug-likeness (QED) is 0.381. The van der Waals surface area contributed by atoms with Crippen LogP contribution >= 0.6 is 0 Å². The van der Waals surface area contributed by atoms with E-state index in [0.29, 0.717) is 0 Å². The lowest BCUT2D eigenvalue weighted by atomic mass is 9.95. The molecule has 0 spiro atoms. The van der Waals surface area contributed by atoms with E-state index in [9.17, 15) is 8.42 Å². The maximum absolute atomic E-state index is 13.8. The first-order valence-electron chi connectivity index (χ1n) is 10.5. The van der Waals surface area contributed by atoms with Crippen LogP contribution in [0.2, 0.25) is 0 Å². The van der Waals surface area contributed by atoms with Gasteiger partial charge in [0.25, 0.3) is 0 Å². The van der Waals surface area contributed by atoms with Crippen LogP contribution in [-0.4, -0.2) is 13.0 Å². The second-order valence-corrected chi connectivity index (χ2v) is 11.2. The number of unbranched alkanes of at least 4 members (excludes halogenated alkanes) is 1. The zero-order valence-electron chi connectivity index (χ0n) is 17.9. The van der Waals surface area contributed by atoms with Gasteiger partial charge in [-0.25, -0.2) is 0 Å². The predicted octanol–water partition coefficient (Wildman–Crippen LogP) is 6.52. The van der Waals surface area contributed by atoms with Crippen molar-refractivity contribution in [2.24, 2.45) is 0 Å². The number of rotatable bonds is 9. The number of benzene rings is 3. The summed E-state index contributed by atoms with van der Waals surface area (Å²) in [5.41, 5.74) is 3.35. The molecule has 3 aromatic carbocycles. The van der Waals surface area contributed by atoms with E-state index >= 15 is 0 Å². The summed E-state index contributed by atoms with van der Waals surface area (Å²) in [4.78, 5) is 1.48. The minimum Gasteiger partial charge on any atom is -0.253 e. The van der Waals surface area contributed by atoms with E-state index in [1.54, 1.807) is 0 Å². The van der Waals surface area contributed by atoms with Crippen molar-refractivity contribution in [3.63, 3.8) is 0 Å². The Morgan fingerprint density at radius 1 is 0.700 bits per heavy atom. The molecule has 0 radical (unpaired) electrons. The zero-order valence-corrected chi connectivity index (χ0v) is 19.5. The Morgan fingerprint density at radius 3 is 1.60 bits per heavy atom. The average molecular weight is 439 g/mol. The van der Waals surface area contributed by atoms with Crippen LogP contribution in [0.25, 0.3) is 0 Å². The monoisotopic (exact) mass is 438 g/mol. The van der Waals surface area contributed by atoms with Crippen LogP contribution < -0.4 is 0 Å². The van der Waals surface area contributed by atoms with Crippen LogP contribution in [0.15, 0.2) is 88.7 Å². The molecule has 30 heavy (non-hydrogen) atoms. The third-order valence-corrected chi connectivity index (χ3v) is 9.38. The predicted molar refractivity (Wildman–Crippen MR) is 128 cm³/mol. The second kappa shape index (κ2) is 10.8. The summed E-state index contributed by atoms with van der Waals surface area (Å²) in [7, 11) is -2.80. The highest BCUT2D eigenvalue weighted by molar-refractivity contribution is 8.03. The van der Waals surface area contributed by atoms with Gasteiger partial charge in [-0.15, -0.1) is 0 Å². The molecule has 0 fully saturated rings. The summed E-state index contributed by atoms with van der Waals surface area (Å²) in [5, 5.41) is 0. The zero-order chi connectivity index (χ0) is 21.5. The largest absolute Gasteiger partial charge is 0.253 e. The first kappa shape index (κ1) is 22.6. The van der Waals surface area contributed by atoms with Gasteiger partial charge in [-0.2, -0.15) is 0 Å². The Morgan fingerprint density at radius 2 is 1.17 bits per heavy atom. The molecule has 0 aliphatic heterocycles. The summed E-state index contributed by atoms with van der Waals surface area (Å²) in [6.07, 6.45) is 2.91. The molecule has 4 heteroatoms. The Bertz CT molecular complexity index is 922. The van der Waals surface area contributed by atoms with Crippen LogP contribution in [0.3, 0.4) is 0 Å². The van der Waals surface area contributed by atoms with E-state index in [1.165, 1.54) is 0 Å². The van der Waals surface area contributed by atoms with E-state index < -0.39 is 26.2 Å². The van der Waals surface area contributed by atoms with Gasteiger partial charge in [0.05, 0.1) is 21.6 Å². The number of hydrogen-bond donors (Lipinski definition) is 0. The van der Waals surface area contributed by atoms with Crippen LogP contribution in [-0.2, 0) is 21.6 Å². The van der Waals surface area contributed by atoms with Gasteiger partial charge in [-0.05, 0) is 50.1 Å². The molecule has 0 N–H and O–H groups in total. The summed E-state index contributed by atoms with van der Waals surface area (Å²) in [5.74, 6) is -0.0459. The van der Waals surface area contributed by atoms with Gasteiger partial charge >= 0.3 is 0 Å². The van der Waals surface area contributed by atoms with Crippen LogP contribution in [0, 0.1) is 13.8 Å². The topological polar surface area (TPSA) is 34.1 Å². The van der Waals surface area contributed by atoms with Crippen molar-refractivity contribution in [2.75, 3.05) is 0 Å². The van der Waals surface area contributed by atoms with Crippen molar-refractivity contribution in [1.29, 1.82) is 0 Å². The Labute approximate surface area is 185 Å². The van der Waals surface area contributed by atoms with Crippen molar-refractivity contribution in [3.05, 3.63) is 95.6 Å². The van der Waals surface area contributed by atoms with Gasteiger partial charge < -0.3 is 0 Å². The van der Waals surface area contributed by atoms with E-state index in [-0.39, 0.29) is 5.92 Å². The van der Waals surface area contributed by atoms with Crippen LogP contribution in [0.5, 0.6) is 0 Å². The van der Waals surface area contributed by atoms with Gasteiger partial charge in [-0.3, -0.25) is 8.42 Å². The summed E-state index contributed by atoms with van der Waals surface area (Å²) in [6, 6.07) is 25.7. The van der Waals surface area contributed by atoms with Gasteiger partial charge in [0.15, 0.2) is 0 Å². The highest BCUT2D eigenvalue weighted by Crippen LogP contribution is 2.35. The van der Waals surface area contributed by atoms with E-state index in [1.807, 2.05) is 80.6 Å². The van der Waals surface area contributed by atoms with Gasteiger partial charge in [-0.1, -0.05) is 85.5 Å².